The molecule has 5 rings (SSSR count). The fourth-order valence-electron chi connectivity index (χ4n) is 3.98. The van der Waals surface area contributed by atoms with E-state index in [-0.39, 0.29) is 11.7 Å². The highest BCUT2D eigenvalue weighted by atomic mass is 35.5. The van der Waals surface area contributed by atoms with Crippen molar-refractivity contribution in [1.29, 1.82) is 0 Å². The number of sulfonamides is 1. The van der Waals surface area contributed by atoms with Crippen LogP contribution in [0.1, 0.15) is 23.2 Å². The number of pyridine rings is 2. The fourth-order valence-corrected chi connectivity index (χ4v) is 5.83. The van der Waals surface area contributed by atoms with Crippen molar-refractivity contribution >= 4 is 49.8 Å². The summed E-state index contributed by atoms with van der Waals surface area (Å²) in [5.74, 6) is -0.157. The molecule has 2 aromatic heterocycles. The molecule has 172 valence electrons. The summed E-state index contributed by atoms with van der Waals surface area (Å²) in [7, 11) is -3.30. The Balaban J connectivity index is 1.36. The molecule has 0 atom stereocenters. The lowest BCUT2D eigenvalue weighted by Gasteiger charge is -2.28. The molecule has 1 N–H and O–H groups in total. The van der Waals surface area contributed by atoms with Gasteiger partial charge in [-0.05, 0) is 73.5 Å². The summed E-state index contributed by atoms with van der Waals surface area (Å²) in [6.07, 6.45) is 4.93. The number of nitrogens with zero attached hydrogens (tertiary/aromatic N) is 3. The Morgan fingerprint density at radius 3 is 2.62 bits per heavy atom. The van der Waals surface area contributed by atoms with Gasteiger partial charge in [0.25, 0.3) is 5.91 Å². The molecule has 1 fully saturated rings. The molecule has 1 aliphatic rings. The molecule has 1 amide bonds. The lowest BCUT2D eigenvalue weighted by atomic mass is 10.1. The van der Waals surface area contributed by atoms with Crippen molar-refractivity contribution in [1.82, 2.24) is 9.97 Å². The van der Waals surface area contributed by atoms with E-state index >= 15 is 0 Å². The van der Waals surface area contributed by atoms with E-state index in [4.69, 9.17) is 11.6 Å². The maximum absolute atomic E-state index is 12.8. The summed E-state index contributed by atoms with van der Waals surface area (Å²) >= 11 is 6.43. The molecule has 0 bridgehead atoms. The number of hydrogen-bond donors (Lipinski definition) is 1. The first kappa shape index (κ1) is 22.3. The summed E-state index contributed by atoms with van der Waals surface area (Å²) in [6, 6.07) is 17.4. The largest absolute Gasteiger partial charge is 0.322 e. The zero-order valence-electron chi connectivity index (χ0n) is 18.1. The molecule has 34 heavy (non-hydrogen) atoms. The third-order valence-corrected chi connectivity index (χ3v) is 7.96. The van der Waals surface area contributed by atoms with E-state index in [2.05, 4.69) is 15.3 Å². The van der Waals surface area contributed by atoms with Crippen molar-refractivity contribution < 1.29 is 13.2 Å². The van der Waals surface area contributed by atoms with Crippen LogP contribution in [0.4, 0.5) is 11.4 Å². The van der Waals surface area contributed by atoms with Gasteiger partial charge in [0.1, 0.15) is 0 Å². The Morgan fingerprint density at radius 2 is 1.82 bits per heavy atom. The number of anilines is 2. The third-order valence-electron chi connectivity index (χ3n) is 5.76. The number of amides is 1. The van der Waals surface area contributed by atoms with Gasteiger partial charge in [0.2, 0.25) is 10.0 Å². The van der Waals surface area contributed by atoms with Crippen LogP contribution in [0.3, 0.4) is 0 Å². The monoisotopic (exact) mass is 492 g/mol. The number of benzene rings is 2. The predicted molar refractivity (Wildman–Crippen MR) is 135 cm³/mol. The molecule has 9 heteroatoms. The van der Waals surface area contributed by atoms with E-state index in [1.807, 2.05) is 18.2 Å². The van der Waals surface area contributed by atoms with E-state index in [9.17, 15) is 13.2 Å². The van der Waals surface area contributed by atoms with Crippen LogP contribution >= 0.6 is 11.6 Å². The summed E-state index contributed by atoms with van der Waals surface area (Å²) in [6.45, 7) is 0.459. The zero-order valence-corrected chi connectivity index (χ0v) is 19.7. The minimum atomic E-state index is -3.30. The van der Waals surface area contributed by atoms with Crippen molar-refractivity contribution in [2.45, 2.75) is 12.8 Å². The molecule has 0 radical (unpaired) electrons. The second-order valence-electron chi connectivity index (χ2n) is 8.06. The minimum Gasteiger partial charge on any atom is -0.322 e. The highest BCUT2D eigenvalue weighted by Crippen LogP contribution is 2.31. The Bertz CT molecular complexity index is 1490. The van der Waals surface area contributed by atoms with Gasteiger partial charge in [-0.3, -0.25) is 14.1 Å². The van der Waals surface area contributed by atoms with Crippen LogP contribution in [0.5, 0.6) is 0 Å². The normalized spacial score (nSPS) is 15.3. The molecular weight excluding hydrogens is 472 g/mol. The lowest BCUT2D eigenvalue weighted by Crippen LogP contribution is -2.37. The average Bonchev–Trinajstić information content (AvgIpc) is 2.85. The first-order valence-corrected chi connectivity index (χ1v) is 12.8. The Hall–Kier alpha value is -3.49. The molecule has 0 unspecified atom stereocenters. The van der Waals surface area contributed by atoms with Gasteiger partial charge in [0.05, 0.1) is 27.7 Å². The van der Waals surface area contributed by atoms with Crippen LogP contribution < -0.4 is 9.62 Å². The van der Waals surface area contributed by atoms with Gasteiger partial charge in [-0.25, -0.2) is 13.4 Å². The first-order valence-electron chi connectivity index (χ1n) is 10.8. The highest BCUT2D eigenvalue weighted by molar-refractivity contribution is 7.92. The second-order valence-corrected chi connectivity index (χ2v) is 10.5. The molecule has 0 saturated carbocycles. The van der Waals surface area contributed by atoms with E-state index < -0.39 is 10.0 Å². The van der Waals surface area contributed by atoms with Crippen molar-refractivity contribution in [2.75, 3.05) is 21.9 Å². The Labute approximate surface area is 202 Å². The molecule has 1 saturated heterocycles. The second kappa shape index (κ2) is 9.04. The van der Waals surface area contributed by atoms with Crippen molar-refractivity contribution in [2.24, 2.45) is 0 Å². The number of hydrogen-bond acceptors (Lipinski definition) is 5. The van der Waals surface area contributed by atoms with E-state index in [1.54, 1.807) is 54.9 Å². The summed E-state index contributed by atoms with van der Waals surface area (Å²) in [5.41, 5.74) is 3.75. The molecular formula is C25H21ClN4O3S. The van der Waals surface area contributed by atoms with Crippen molar-refractivity contribution in [3.8, 4) is 11.3 Å². The first-order chi connectivity index (χ1) is 16.4. The van der Waals surface area contributed by atoms with Crippen LogP contribution in [0.2, 0.25) is 5.02 Å². The van der Waals surface area contributed by atoms with Gasteiger partial charge in [-0.2, -0.15) is 0 Å². The average molecular weight is 493 g/mol. The fraction of sp³-hybridized carbons (Fsp3) is 0.160. The topological polar surface area (TPSA) is 92.3 Å². The maximum atomic E-state index is 12.8. The van der Waals surface area contributed by atoms with E-state index in [0.717, 1.165) is 17.3 Å². The van der Waals surface area contributed by atoms with Gasteiger partial charge >= 0.3 is 0 Å². The minimum absolute atomic E-state index is 0.150. The van der Waals surface area contributed by atoms with Gasteiger partial charge < -0.3 is 5.32 Å². The van der Waals surface area contributed by atoms with E-state index in [0.29, 0.717) is 46.2 Å². The third kappa shape index (κ3) is 4.47. The number of carbonyl (C=O) groups excluding carboxylic acids is 1. The van der Waals surface area contributed by atoms with Crippen LogP contribution in [0.25, 0.3) is 22.2 Å². The SMILES string of the molecule is O=C(Nc1ccc(Cl)c(-c2ccc3cnccc3n2)c1)c1ccc(N2CCCCS2(=O)=O)cc1. The zero-order chi connectivity index (χ0) is 23.7. The number of halogens is 1. The summed E-state index contributed by atoms with van der Waals surface area (Å²) < 4.78 is 26.1. The Morgan fingerprint density at radius 1 is 1.00 bits per heavy atom. The molecule has 2 aromatic carbocycles. The standard InChI is InChI=1S/C25H21ClN4O3S/c26-22-9-6-19(15-21(22)24-10-5-18-16-27-12-11-23(18)29-24)28-25(31)17-3-7-20(8-4-17)30-13-1-2-14-34(30,32)33/h3-12,15-16H,1-2,13-14H2,(H,28,31). The van der Waals surface area contributed by atoms with Crippen LogP contribution in [0.15, 0.2) is 73.1 Å². The van der Waals surface area contributed by atoms with Gasteiger partial charge in [-0.1, -0.05) is 11.6 Å². The predicted octanol–water partition coefficient (Wildman–Crippen LogP) is 5.13. The summed E-state index contributed by atoms with van der Waals surface area (Å²) in [4.78, 5) is 21.6. The molecule has 3 heterocycles. The number of carbonyl (C=O) groups is 1. The van der Waals surface area contributed by atoms with Gasteiger partial charge in [0.15, 0.2) is 0 Å². The smallest absolute Gasteiger partial charge is 0.255 e. The van der Waals surface area contributed by atoms with Crippen LogP contribution in [0, 0.1) is 0 Å². The number of aromatic nitrogens is 2. The van der Waals surface area contributed by atoms with Gasteiger partial charge in [0, 0.05) is 41.1 Å². The lowest BCUT2D eigenvalue weighted by molar-refractivity contribution is 0.102. The maximum Gasteiger partial charge on any atom is 0.255 e. The van der Waals surface area contributed by atoms with Crippen molar-refractivity contribution in [3.63, 3.8) is 0 Å². The highest BCUT2D eigenvalue weighted by Gasteiger charge is 2.26. The molecule has 4 aromatic rings. The number of nitrogens with one attached hydrogen (secondary N) is 1. The summed E-state index contributed by atoms with van der Waals surface area (Å²) in [5, 5.41) is 4.32. The van der Waals surface area contributed by atoms with Crippen molar-refractivity contribution in [3.05, 3.63) is 83.6 Å². The number of fused-ring (bicyclic) bond motifs is 1. The number of rotatable bonds is 4. The quantitative estimate of drug-likeness (QED) is 0.426. The Kier molecular flexibility index (Phi) is 5.93. The molecule has 0 aliphatic carbocycles. The molecule has 1 aliphatic heterocycles. The molecule has 7 nitrogen and oxygen atoms in total. The van der Waals surface area contributed by atoms with Crippen LogP contribution in [-0.2, 0) is 10.0 Å². The van der Waals surface area contributed by atoms with E-state index in [1.165, 1.54) is 4.31 Å². The molecule has 0 spiro atoms. The van der Waals surface area contributed by atoms with Crippen LogP contribution in [-0.4, -0.2) is 36.6 Å². The van der Waals surface area contributed by atoms with Gasteiger partial charge in [-0.15, -0.1) is 0 Å².